The maximum atomic E-state index is 13.1. The number of benzene rings is 1. The molecule has 2 heterocycles. The Balaban J connectivity index is 1.73. The van der Waals surface area contributed by atoms with Gasteiger partial charge in [0.1, 0.15) is 0 Å². The van der Waals surface area contributed by atoms with Gasteiger partial charge in [-0.1, -0.05) is 17.7 Å². The van der Waals surface area contributed by atoms with Crippen LogP contribution in [-0.2, 0) is 12.8 Å². The van der Waals surface area contributed by atoms with Crippen LogP contribution in [-0.4, -0.2) is 46.3 Å². The Kier molecular flexibility index (Phi) is 4.34. The van der Waals surface area contributed by atoms with Gasteiger partial charge in [0.2, 0.25) is 0 Å². The Labute approximate surface area is 149 Å². The van der Waals surface area contributed by atoms with Crippen molar-refractivity contribution in [2.24, 2.45) is 0 Å². The minimum absolute atomic E-state index is 0.0948. The first-order valence-electron chi connectivity index (χ1n) is 9.34. The number of nitrogens with zero attached hydrogens (tertiary/aromatic N) is 3. The molecule has 2 aromatic rings. The number of nitrogens with one attached hydrogen (secondary N) is 1. The van der Waals surface area contributed by atoms with Crippen LogP contribution in [0.2, 0.25) is 0 Å². The van der Waals surface area contributed by atoms with Crippen LogP contribution in [0.5, 0.6) is 0 Å². The molecular formula is C20H26N4O. The average Bonchev–Trinajstić information content (AvgIpc) is 3.01. The van der Waals surface area contributed by atoms with Gasteiger partial charge in [0.25, 0.3) is 5.91 Å². The third-order valence-electron chi connectivity index (χ3n) is 5.32. The molecule has 4 rings (SSSR count). The van der Waals surface area contributed by atoms with E-state index in [4.69, 9.17) is 5.10 Å². The molecule has 0 spiro atoms. The van der Waals surface area contributed by atoms with E-state index < -0.39 is 0 Å². The summed E-state index contributed by atoms with van der Waals surface area (Å²) in [6.45, 7) is 6.58. The lowest BCUT2D eigenvalue weighted by atomic mass is 9.95. The molecule has 5 nitrogen and oxygen atoms in total. The molecule has 0 bridgehead atoms. The van der Waals surface area contributed by atoms with Crippen molar-refractivity contribution in [2.75, 3.05) is 19.6 Å². The zero-order chi connectivity index (χ0) is 17.4. The van der Waals surface area contributed by atoms with E-state index in [0.29, 0.717) is 11.7 Å². The standard InChI is InChI=1S/C20H26N4O/c1-14-7-9-16(10-8-14)24-18-6-4-3-5-17(18)19(22-24)20(25)23-12-11-21-15(2)13-23/h7-10,15,21H,3-6,11-13H2,1-2H3. The van der Waals surface area contributed by atoms with Crippen molar-refractivity contribution < 1.29 is 4.79 Å². The van der Waals surface area contributed by atoms with Gasteiger partial charge in [-0.3, -0.25) is 4.79 Å². The van der Waals surface area contributed by atoms with Gasteiger partial charge < -0.3 is 10.2 Å². The van der Waals surface area contributed by atoms with Crippen LogP contribution in [0.15, 0.2) is 24.3 Å². The molecule has 1 atom stereocenters. The quantitative estimate of drug-likeness (QED) is 0.915. The smallest absolute Gasteiger partial charge is 0.274 e. The van der Waals surface area contributed by atoms with Crippen LogP contribution < -0.4 is 5.32 Å². The van der Waals surface area contributed by atoms with Crippen LogP contribution >= 0.6 is 0 Å². The van der Waals surface area contributed by atoms with Crippen molar-refractivity contribution >= 4 is 5.91 Å². The highest BCUT2D eigenvalue weighted by atomic mass is 16.2. The number of carbonyl (C=O) groups excluding carboxylic acids is 1. The molecule has 1 aliphatic heterocycles. The van der Waals surface area contributed by atoms with Gasteiger partial charge >= 0.3 is 0 Å². The summed E-state index contributed by atoms with van der Waals surface area (Å²) in [7, 11) is 0. The van der Waals surface area contributed by atoms with E-state index in [9.17, 15) is 4.79 Å². The largest absolute Gasteiger partial charge is 0.334 e. The number of piperazine rings is 1. The van der Waals surface area contributed by atoms with E-state index in [0.717, 1.165) is 44.6 Å². The summed E-state index contributed by atoms with van der Waals surface area (Å²) >= 11 is 0. The Bertz CT molecular complexity index is 778. The second kappa shape index (κ2) is 6.64. The van der Waals surface area contributed by atoms with Crippen molar-refractivity contribution in [1.29, 1.82) is 0 Å². The Hall–Kier alpha value is -2.14. The SMILES string of the molecule is Cc1ccc(-n2nc(C(=O)N3CCNC(C)C3)c3c2CCCC3)cc1. The third-order valence-corrected chi connectivity index (χ3v) is 5.32. The molecule has 1 saturated heterocycles. The first-order chi connectivity index (χ1) is 12.1. The lowest BCUT2D eigenvalue weighted by Gasteiger charge is -2.31. The molecule has 2 aliphatic rings. The molecule has 25 heavy (non-hydrogen) atoms. The number of rotatable bonds is 2. The summed E-state index contributed by atoms with van der Waals surface area (Å²) in [6.07, 6.45) is 4.28. The Morgan fingerprint density at radius 3 is 2.72 bits per heavy atom. The first-order valence-corrected chi connectivity index (χ1v) is 9.34. The number of carbonyl (C=O) groups is 1. The van der Waals surface area contributed by atoms with Crippen molar-refractivity contribution in [3.05, 3.63) is 46.8 Å². The third kappa shape index (κ3) is 3.09. The summed E-state index contributed by atoms with van der Waals surface area (Å²) in [5.41, 5.74) is 5.35. The van der Waals surface area contributed by atoms with E-state index in [-0.39, 0.29) is 5.91 Å². The first kappa shape index (κ1) is 16.3. The molecule has 1 unspecified atom stereocenters. The minimum Gasteiger partial charge on any atom is -0.334 e. The van der Waals surface area contributed by atoms with Crippen molar-refractivity contribution in [2.45, 2.75) is 45.6 Å². The van der Waals surface area contributed by atoms with Crippen LogP contribution in [0.1, 0.15) is 47.1 Å². The molecular weight excluding hydrogens is 312 g/mol. The zero-order valence-electron chi connectivity index (χ0n) is 15.1. The molecule has 132 valence electrons. The lowest BCUT2D eigenvalue weighted by molar-refractivity contribution is 0.0701. The molecule has 0 saturated carbocycles. The molecule has 1 fully saturated rings. The van der Waals surface area contributed by atoms with E-state index in [1.54, 1.807) is 0 Å². The number of hydrogen-bond donors (Lipinski definition) is 1. The monoisotopic (exact) mass is 338 g/mol. The van der Waals surface area contributed by atoms with E-state index in [1.807, 2.05) is 9.58 Å². The summed E-state index contributed by atoms with van der Waals surface area (Å²) in [4.78, 5) is 15.1. The fourth-order valence-corrected chi connectivity index (χ4v) is 3.94. The average molecular weight is 338 g/mol. The van der Waals surface area contributed by atoms with Crippen LogP contribution in [0.3, 0.4) is 0 Å². The predicted octanol–water partition coefficient (Wildman–Crippen LogP) is 2.49. The Morgan fingerprint density at radius 2 is 1.96 bits per heavy atom. The molecule has 0 radical (unpaired) electrons. The summed E-state index contributed by atoms with van der Waals surface area (Å²) in [5, 5.41) is 8.19. The van der Waals surface area contributed by atoms with Gasteiger partial charge in [0.15, 0.2) is 5.69 Å². The highest BCUT2D eigenvalue weighted by molar-refractivity contribution is 5.94. The summed E-state index contributed by atoms with van der Waals surface area (Å²) in [5.74, 6) is 0.0948. The van der Waals surface area contributed by atoms with Gasteiger partial charge in [0, 0.05) is 36.9 Å². The summed E-state index contributed by atoms with van der Waals surface area (Å²) < 4.78 is 2.01. The second-order valence-electron chi connectivity index (χ2n) is 7.33. The molecule has 1 N–H and O–H groups in total. The van der Waals surface area contributed by atoms with E-state index in [1.165, 1.54) is 23.2 Å². The normalized spacial score (nSPS) is 20.4. The fraction of sp³-hybridized carbons (Fsp3) is 0.500. The van der Waals surface area contributed by atoms with Crippen molar-refractivity contribution in [1.82, 2.24) is 20.0 Å². The highest BCUT2D eigenvalue weighted by Gasteiger charge is 2.30. The van der Waals surface area contributed by atoms with Crippen molar-refractivity contribution in [3.8, 4) is 5.69 Å². The van der Waals surface area contributed by atoms with Gasteiger partial charge in [-0.25, -0.2) is 4.68 Å². The summed E-state index contributed by atoms with van der Waals surface area (Å²) in [6, 6.07) is 8.74. The molecule has 1 amide bonds. The van der Waals surface area contributed by atoms with Gasteiger partial charge in [0.05, 0.1) is 5.69 Å². The maximum Gasteiger partial charge on any atom is 0.274 e. The number of fused-ring (bicyclic) bond motifs is 1. The number of amides is 1. The van der Waals surface area contributed by atoms with E-state index in [2.05, 4.69) is 43.4 Å². The van der Waals surface area contributed by atoms with E-state index >= 15 is 0 Å². The minimum atomic E-state index is 0.0948. The molecule has 5 heteroatoms. The van der Waals surface area contributed by atoms with Crippen molar-refractivity contribution in [3.63, 3.8) is 0 Å². The van der Waals surface area contributed by atoms with Crippen LogP contribution in [0.25, 0.3) is 5.69 Å². The highest BCUT2D eigenvalue weighted by Crippen LogP contribution is 2.28. The van der Waals surface area contributed by atoms with Gasteiger partial charge in [-0.05, 0) is 51.7 Å². The second-order valence-corrected chi connectivity index (χ2v) is 7.33. The van der Waals surface area contributed by atoms with Gasteiger partial charge in [-0.2, -0.15) is 5.10 Å². The number of hydrogen-bond acceptors (Lipinski definition) is 3. The topological polar surface area (TPSA) is 50.2 Å². The lowest BCUT2D eigenvalue weighted by Crippen LogP contribution is -2.51. The van der Waals surface area contributed by atoms with Crippen LogP contribution in [0, 0.1) is 6.92 Å². The van der Waals surface area contributed by atoms with Gasteiger partial charge in [-0.15, -0.1) is 0 Å². The van der Waals surface area contributed by atoms with Crippen LogP contribution in [0.4, 0.5) is 0 Å². The zero-order valence-corrected chi connectivity index (χ0v) is 15.1. The Morgan fingerprint density at radius 1 is 1.20 bits per heavy atom. The molecule has 1 aromatic heterocycles. The molecule has 1 aliphatic carbocycles. The predicted molar refractivity (Wildman–Crippen MR) is 98.3 cm³/mol. The fourth-order valence-electron chi connectivity index (χ4n) is 3.94. The maximum absolute atomic E-state index is 13.1. The number of aryl methyl sites for hydroxylation is 1. The number of aromatic nitrogens is 2. The molecule has 1 aromatic carbocycles.